The Morgan fingerprint density at radius 2 is 1.55 bits per heavy atom. The first-order chi connectivity index (χ1) is 14.0. The Hall–Kier alpha value is -2.24. The van der Waals surface area contributed by atoms with Crippen molar-refractivity contribution in [2.75, 3.05) is 19.0 Å². The van der Waals surface area contributed by atoms with Gasteiger partial charge in [0.2, 0.25) is 0 Å². The van der Waals surface area contributed by atoms with Gasteiger partial charge < -0.3 is 14.8 Å². The van der Waals surface area contributed by atoms with Crippen LogP contribution in [0.25, 0.3) is 0 Å². The molecule has 1 N–H and O–H groups in total. The molecule has 0 aliphatic heterocycles. The normalized spacial score (nSPS) is 10.5. The van der Waals surface area contributed by atoms with Crippen LogP contribution in [0.2, 0.25) is 10.0 Å². The minimum atomic E-state index is -0.442. The average Bonchev–Trinajstić information content (AvgIpc) is 2.72. The number of ether oxygens (including phenoxy) is 2. The molecule has 1 amide bonds. The van der Waals surface area contributed by atoms with E-state index in [1.54, 1.807) is 24.3 Å². The van der Waals surface area contributed by atoms with Crippen LogP contribution in [0, 0.1) is 0 Å². The molecule has 0 aliphatic carbocycles. The number of carbonyl (C=O) groups is 2. The molecular formula is C22H25Cl2NO4. The zero-order chi connectivity index (χ0) is 21.2. The minimum Gasteiger partial charge on any atom is -0.490 e. The van der Waals surface area contributed by atoms with Crippen molar-refractivity contribution in [2.24, 2.45) is 0 Å². The lowest BCUT2D eigenvalue weighted by Gasteiger charge is -2.12. The Labute approximate surface area is 181 Å². The van der Waals surface area contributed by atoms with E-state index < -0.39 is 5.97 Å². The number of halogens is 2. The third-order valence-corrected chi connectivity index (χ3v) is 4.88. The van der Waals surface area contributed by atoms with Gasteiger partial charge in [0, 0.05) is 11.3 Å². The summed E-state index contributed by atoms with van der Waals surface area (Å²) in [5.74, 6) is -0.420. The van der Waals surface area contributed by atoms with E-state index in [0.29, 0.717) is 29.2 Å². The van der Waals surface area contributed by atoms with Crippen LogP contribution in [0.15, 0.2) is 36.4 Å². The molecule has 7 heteroatoms. The van der Waals surface area contributed by atoms with E-state index in [1.807, 2.05) is 0 Å². The van der Waals surface area contributed by atoms with Gasteiger partial charge in [-0.15, -0.1) is 0 Å². The van der Waals surface area contributed by atoms with Gasteiger partial charge >= 0.3 is 5.97 Å². The minimum absolute atomic E-state index is 0.289. The molecule has 2 aromatic carbocycles. The highest BCUT2D eigenvalue weighted by atomic mass is 35.5. The number of unbranched alkanes of at least 4 members (excludes halogenated alkanes) is 4. The van der Waals surface area contributed by atoms with Gasteiger partial charge in [-0.05, 0) is 42.8 Å². The third kappa shape index (κ3) is 6.94. The number of benzene rings is 2. The van der Waals surface area contributed by atoms with Crippen molar-refractivity contribution in [3.63, 3.8) is 0 Å². The summed E-state index contributed by atoms with van der Waals surface area (Å²) in [5, 5.41) is 3.32. The van der Waals surface area contributed by atoms with E-state index in [-0.39, 0.29) is 16.0 Å². The first-order valence-corrected chi connectivity index (χ1v) is 10.3. The van der Waals surface area contributed by atoms with Crippen molar-refractivity contribution >= 4 is 40.8 Å². The van der Waals surface area contributed by atoms with E-state index in [2.05, 4.69) is 17.0 Å². The zero-order valence-corrected chi connectivity index (χ0v) is 18.1. The van der Waals surface area contributed by atoms with Gasteiger partial charge in [0.1, 0.15) is 0 Å². The fraction of sp³-hybridized carbons (Fsp3) is 0.364. The van der Waals surface area contributed by atoms with Crippen LogP contribution in [0.3, 0.4) is 0 Å². The monoisotopic (exact) mass is 437 g/mol. The van der Waals surface area contributed by atoms with E-state index >= 15 is 0 Å². The lowest BCUT2D eigenvalue weighted by Crippen LogP contribution is -2.12. The molecule has 0 radical (unpaired) electrons. The van der Waals surface area contributed by atoms with Crippen molar-refractivity contribution in [1.82, 2.24) is 0 Å². The maximum atomic E-state index is 12.5. The standard InChI is InChI=1S/C22H25Cl2NO4/c1-3-4-5-6-7-12-29-20-18(23)13-16(14-19(20)24)21(26)25-17-10-8-15(9-11-17)22(27)28-2/h8-11,13-14H,3-7,12H2,1-2H3,(H,25,26). The fourth-order valence-corrected chi connectivity index (χ4v) is 3.32. The number of hydrogen-bond acceptors (Lipinski definition) is 4. The first kappa shape index (κ1) is 23.0. The Bertz CT molecular complexity index is 814. The largest absolute Gasteiger partial charge is 0.490 e. The second-order valence-corrected chi connectivity index (χ2v) is 7.37. The number of nitrogens with one attached hydrogen (secondary N) is 1. The van der Waals surface area contributed by atoms with E-state index in [1.165, 1.54) is 38.5 Å². The van der Waals surface area contributed by atoms with E-state index in [0.717, 1.165) is 12.8 Å². The summed E-state index contributed by atoms with van der Waals surface area (Å²) in [6.07, 6.45) is 5.62. The van der Waals surface area contributed by atoms with Crippen molar-refractivity contribution in [1.29, 1.82) is 0 Å². The van der Waals surface area contributed by atoms with Gasteiger partial charge in [-0.3, -0.25) is 4.79 Å². The third-order valence-electron chi connectivity index (χ3n) is 4.32. The SMILES string of the molecule is CCCCCCCOc1c(Cl)cc(C(=O)Nc2ccc(C(=O)OC)cc2)cc1Cl. The topological polar surface area (TPSA) is 64.6 Å². The van der Waals surface area contributed by atoms with Crippen LogP contribution >= 0.6 is 23.2 Å². The fourth-order valence-electron chi connectivity index (χ4n) is 2.72. The maximum absolute atomic E-state index is 12.5. The molecule has 29 heavy (non-hydrogen) atoms. The molecule has 5 nitrogen and oxygen atoms in total. The highest BCUT2D eigenvalue weighted by Gasteiger charge is 2.15. The Balaban J connectivity index is 1.98. The Morgan fingerprint density at radius 1 is 0.931 bits per heavy atom. The van der Waals surface area contributed by atoms with Crippen LogP contribution in [-0.2, 0) is 4.74 Å². The van der Waals surface area contributed by atoms with Crippen LogP contribution in [0.5, 0.6) is 5.75 Å². The molecule has 0 atom stereocenters. The van der Waals surface area contributed by atoms with Crippen molar-refractivity contribution < 1.29 is 19.1 Å². The molecule has 0 heterocycles. The summed E-state index contributed by atoms with van der Waals surface area (Å²) >= 11 is 12.6. The molecule has 0 unspecified atom stereocenters. The summed E-state index contributed by atoms with van der Waals surface area (Å²) < 4.78 is 10.4. The molecule has 0 saturated heterocycles. The van der Waals surface area contributed by atoms with Crippen LogP contribution < -0.4 is 10.1 Å². The molecular weight excluding hydrogens is 413 g/mol. The van der Waals surface area contributed by atoms with Crippen LogP contribution in [-0.4, -0.2) is 25.6 Å². The summed E-state index contributed by atoms with van der Waals surface area (Å²) in [4.78, 5) is 24.0. The lowest BCUT2D eigenvalue weighted by atomic mass is 10.1. The summed E-state index contributed by atoms with van der Waals surface area (Å²) in [6, 6.07) is 9.42. The van der Waals surface area contributed by atoms with Crippen LogP contribution in [0.1, 0.15) is 59.7 Å². The number of esters is 1. The summed E-state index contributed by atoms with van der Waals surface area (Å²) in [5.41, 5.74) is 1.24. The van der Waals surface area contributed by atoms with Crippen molar-refractivity contribution in [2.45, 2.75) is 39.0 Å². The number of hydrogen-bond donors (Lipinski definition) is 1. The Kier molecular flexibility index (Phi) is 9.29. The van der Waals surface area contributed by atoms with E-state index in [4.69, 9.17) is 27.9 Å². The highest BCUT2D eigenvalue weighted by molar-refractivity contribution is 6.37. The first-order valence-electron chi connectivity index (χ1n) is 9.57. The lowest BCUT2D eigenvalue weighted by molar-refractivity contribution is 0.0600. The Morgan fingerprint density at radius 3 is 2.14 bits per heavy atom. The summed E-state index contributed by atoms with van der Waals surface area (Å²) in [6.45, 7) is 2.70. The van der Waals surface area contributed by atoms with Crippen molar-refractivity contribution in [3.05, 3.63) is 57.6 Å². The van der Waals surface area contributed by atoms with Gasteiger partial charge in [-0.2, -0.15) is 0 Å². The molecule has 0 aromatic heterocycles. The molecule has 0 aliphatic rings. The van der Waals surface area contributed by atoms with Gasteiger partial charge in [-0.1, -0.05) is 55.8 Å². The average molecular weight is 438 g/mol. The highest BCUT2D eigenvalue weighted by Crippen LogP contribution is 2.34. The molecule has 0 saturated carbocycles. The molecule has 0 spiro atoms. The van der Waals surface area contributed by atoms with Gasteiger partial charge in [0.05, 0.1) is 29.3 Å². The molecule has 2 rings (SSSR count). The smallest absolute Gasteiger partial charge is 0.337 e. The van der Waals surface area contributed by atoms with Gasteiger partial charge in [-0.25, -0.2) is 4.79 Å². The summed E-state index contributed by atoms with van der Waals surface area (Å²) in [7, 11) is 1.31. The molecule has 156 valence electrons. The van der Waals surface area contributed by atoms with Crippen LogP contribution in [0.4, 0.5) is 5.69 Å². The zero-order valence-electron chi connectivity index (χ0n) is 16.6. The van der Waals surface area contributed by atoms with Gasteiger partial charge in [0.15, 0.2) is 5.75 Å². The number of methoxy groups -OCH3 is 1. The maximum Gasteiger partial charge on any atom is 0.337 e. The second kappa shape index (κ2) is 11.7. The van der Waals surface area contributed by atoms with Gasteiger partial charge in [0.25, 0.3) is 5.91 Å². The number of anilines is 1. The number of carbonyl (C=O) groups excluding carboxylic acids is 2. The molecule has 0 bridgehead atoms. The molecule has 0 fully saturated rings. The number of rotatable bonds is 10. The number of amides is 1. The quantitative estimate of drug-likeness (QED) is 0.345. The predicted molar refractivity (Wildman–Crippen MR) is 116 cm³/mol. The molecule has 2 aromatic rings. The van der Waals surface area contributed by atoms with E-state index in [9.17, 15) is 9.59 Å². The predicted octanol–water partition coefficient (Wildman–Crippen LogP) is 6.38. The second-order valence-electron chi connectivity index (χ2n) is 6.55. The van der Waals surface area contributed by atoms with Crippen molar-refractivity contribution in [3.8, 4) is 5.75 Å².